The van der Waals surface area contributed by atoms with Gasteiger partial charge in [0.1, 0.15) is 0 Å². The van der Waals surface area contributed by atoms with Gasteiger partial charge < -0.3 is 5.32 Å². The summed E-state index contributed by atoms with van der Waals surface area (Å²) in [5.41, 5.74) is 0.792. The van der Waals surface area contributed by atoms with Crippen LogP contribution in [-0.2, 0) is 11.2 Å². The molecule has 94 valence electrons. The summed E-state index contributed by atoms with van der Waals surface area (Å²) >= 11 is 0. The Balaban J connectivity index is 1.77. The van der Waals surface area contributed by atoms with Crippen molar-refractivity contribution in [1.82, 2.24) is 10.3 Å². The standard InChI is InChI=1S/C14H17N3O/c15-10-11-4-6-12(7-5-11)17-14(18)9-13-3-1-2-8-16-13/h1-3,8,11-12H,4-7,9H2,(H,17,18). The summed E-state index contributed by atoms with van der Waals surface area (Å²) in [6, 6.07) is 8.10. The summed E-state index contributed by atoms with van der Waals surface area (Å²) in [5.74, 6) is 0.197. The number of nitrogens with one attached hydrogen (secondary N) is 1. The van der Waals surface area contributed by atoms with Crippen LogP contribution in [0.1, 0.15) is 31.4 Å². The molecule has 1 saturated carbocycles. The third kappa shape index (κ3) is 3.56. The Morgan fingerprint density at radius 2 is 2.17 bits per heavy atom. The van der Waals surface area contributed by atoms with Crippen LogP contribution in [-0.4, -0.2) is 16.9 Å². The number of nitriles is 1. The second kappa shape index (κ2) is 6.15. The molecule has 2 rings (SSSR count). The van der Waals surface area contributed by atoms with Crippen LogP contribution in [0.2, 0.25) is 0 Å². The zero-order valence-corrected chi connectivity index (χ0v) is 10.3. The minimum absolute atomic E-state index is 0.0223. The molecule has 0 atom stereocenters. The molecule has 1 aliphatic rings. The summed E-state index contributed by atoms with van der Waals surface area (Å²) in [7, 11) is 0. The first-order valence-corrected chi connectivity index (χ1v) is 6.37. The Bertz CT molecular complexity index is 430. The number of nitrogens with zero attached hydrogens (tertiary/aromatic N) is 2. The highest BCUT2D eigenvalue weighted by Gasteiger charge is 2.21. The number of rotatable bonds is 3. The van der Waals surface area contributed by atoms with Crippen molar-refractivity contribution in [3.05, 3.63) is 30.1 Å². The minimum Gasteiger partial charge on any atom is -0.353 e. The smallest absolute Gasteiger partial charge is 0.226 e. The number of aromatic nitrogens is 1. The fourth-order valence-electron chi connectivity index (χ4n) is 2.31. The van der Waals surface area contributed by atoms with Gasteiger partial charge in [0, 0.05) is 23.9 Å². The maximum atomic E-state index is 11.8. The quantitative estimate of drug-likeness (QED) is 0.880. The highest BCUT2D eigenvalue weighted by molar-refractivity contribution is 5.78. The Morgan fingerprint density at radius 1 is 1.39 bits per heavy atom. The molecular weight excluding hydrogens is 226 g/mol. The fourth-order valence-corrected chi connectivity index (χ4v) is 2.31. The number of hydrogen-bond acceptors (Lipinski definition) is 3. The van der Waals surface area contributed by atoms with Crippen LogP contribution in [0.15, 0.2) is 24.4 Å². The molecule has 18 heavy (non-hydrogen) atoms. The predicted molar refractivity (Wildman–Crippen MR) is 67.4 cm³/mol. The SMILES string of the molecule is N#CC1CCC(NC(=O)Cc2ccccn2)CC1. The van der Waals surface area contributed by atoms with Crippen LogP contribution in [0.5, 0.6) is 0 Å². The zero-order chi connectivity index (χ0) is 12.8. The summed E-state index contributed by atoms with van der Waals surface area (Å²) in [4.78, 5) is 15.9. The number of amides is 1. The largest absolute Gasteiger partial charge is 0.353 e. The lowest BCUT2D eigenvalue weighted by Gasteiger charge is -2.25. The Hall–Kier alpha value is -1.89. The molecule has 4 nitrogen and oxygen atoms in total. The molecule has 0 radical (unpaired) electrons. The molecule has 0 bridgehead atoms. The van der Waals surface area contributed by atoms with E-state index >= 15 is 0 Å². The van der Waals surface area contributed by atoms with Gasteiger partial charge in [0.15, 0.2) is 0 Å². The lowest BCUT2D eigenvalue weighted by Crippen LogP contribution is -2.38. The molecule has 0 unspecified atom stereocenters. The highest BCUT2D eigenvalue weighted by atomic mass is 16.1. The van der Waals surface area contributed by atoms with E-state index < -0.39 is 0 Å². The van der Waals surface area contributed by atoms with Crippen molar-refractivity contribution in [1.29, 1.82) is 5.26 Å². The minimum atomic E-state index is 0.0223. The topological polar surface area (TPSA) is 65.8 Å². The van der Waals surface area contributed by atoms with Crippen LogP contribution in [0.25, 0.3) is 0 Å². The third-order valence-electron chi connectivity index (χ3n) is 3.34. The Morgan fingerprint density at radius 3 is 2.78 bits per heavy atom. The maximum Gasteiger partial charge on any atom is 0.226 e. The van der Waals surface area contributed by atoms with Crippen molar-refractivity contribution in [2.24, 2.45) is 5.92 Å². The van der Waals surface area contributed by atoms with Gasteiger partial charge in [-0.2, -0.15) is 5.26 Å². The van der Waals surface area contributed by atoms with Gasteiger partial charge >= 0.3 is 0 Å². The van der Waals surface area contributed by atoms with Crippen molar-refractivity contribution >= 4 is 5.91 Å². The van der Waals surface area contributed by atoms with E-state index in [0.717, 1.165) is 31.4 Å². The van der Waals surface area contributed by atoms with E-state index in [1.165, 1.54) is 0 Å². The first-order valence-electron chi connectivity index (χ1n) is 6.37. The van der Waals surface area contributed by atoms with Gasteiger partial charge in [0.25, 0.3) is 0 Å². The molecule has 1 N–H and O–H groups in total. The van der Waals surface area contributed by atoms with E-state index in [1.54, 1.807) is 6.20 Å². The van der Waals surface area contributed by atoms with Crippen LogP contribution in [0, 0.1) is 17.2 Å². The number of hydrogen-bond donors (Lipinski definition) is 1. The average molecular weight is 243 g/mol. The van der Waals surface area contributed by atoms with Gasteiger partial charge in [-0.25, -0.2) is 0 Å². The van der Waals surface area contributed by atoms with E-state index in [4.69, 9.17) is 5.26 Å². The van der Waals surface area contributed by atoms with Gasteiger partial charge in [0.2, 0.25) is 5.91 Å². The summed E-state index contributed by atoms with van der Waals surface area (Å²) < 4.78 is 0. The monoisotopic (exact) mass is 243 g/mol. The van der Waals surface area contributed by atoms with E-state index in [1.807, 2.05) is 18.2 Å². The van der Waals surface area contributed by atoms with Gasteiger partial charge in [-0.1, -0.05) is 6.07 Å². The molecule has 0 saturated heterocycles. The van der Waals surface area contributed by atoms with Gasteiger partial charge in [-0.15, -0.1) is 0 Å². The summed E-state index contributed by atoms with van der Waals surface area (Å²) in [5, 5.41) is 11.8. The third-order valence-corrected chi connectivity index (χ3v) is 3.34. The van der Waals surface area contributed by atoms with E-state index in [9.17, 15) is 4.79 Å². The number of carbonyl (C=O) groups is 1. The molecule has 0 spiro atoms. The molecule has 1 aliphatic carbocycles. The predicted octanol–water partition coefficient (Wildman–Crippen LogP) is 1.82. The molecular formula is C14H17N3O. The normalized spacial score (nSPS) is 23.1. The Labute approximate surface area is 107 Å². The fraction of sp³-hybridized carbons (Fsp3) is 0.500. The first kappa shape index (κ1) is 12.6. The zero-order valence-electron chi connectivity index (χ0n) is 10.3. The average Bonchev–Trinajstić information content (AvgIpc) is 2.40. The lowest BCUT2D eigenvalue weighted by atomic mass is 9.87. The van der Waals surface area contributed by atoms with E-state index in [2.05, 4.69) is 16.4 Å². The first-order chi connectivity index (χ1) is 8.78. The van der Waals surface area contributed by atoms with Crippen molar-refractivity contribution in [2.45, 2.75) is 38.1 Å². The molecule has 1 aromatic rings. The van der Waals surface area contributed by atoms with Crippen molar-refractivity contribution in [3.63, 3.8) is 0 Å². The van der Waals surface area contributed by atoms with Crippen molar-refractivity contribution in [2.75, 3.05) is 0 Å². The van der Waals surface area contributed by atoms with E-state index in [-0.39, 0.29) is 17.9 Å². The summed E-state index contributed by atoms with van der Waals surface area (Å²) in [6.07, 6.45) is 5.63. The van der Waals surface area contributed by atoms with Crippen LogP contribution in [0.4, 0.5) is 0 Å². The number of pyridine rings is 1. The second-order valence-corrected chi connectivity index (χ2v) is 4.74. The van der Waals surface area contributed by atoms with Crippen molar-refractivity contribution < 1.29 is 4.79 Å². The second-order valence-electron chi connectivity index (χ2n) is 4.74. The lowest BCUT2D eigenvalue weighted by molar-refractivity contribution is -0.121. The molecule has 4 heteroatoms. The van der Waals surface area contributed by atoms with E-state index in [0.29, 0.717) is 6.42 Å². The van der Waals surface area contributed by atoms with Gasteiger partial charge in [0.05, 0.1) is 12.5 Å². The maximum absolute atomic E-state index is 11.8. The Kier molecular flexibility index (Phi) is 4.30. The van der Waals surface area contributed by atoms with Gasteiger partial charge in [-0.05, 0) is 37.8 Å². The van der Waals surface area contributed by atoms with Crippen LogP contribution in [0.3, 0.4) is 0 Å². The molecule has 0 aromatic carbocycles. The molecule has 1 amide bonds. The van der Waals surface area contributed by atoms with Crippen LogP contribution >= 0.6 is 0 Å². The molecule has 1 aromatic heterocycles. The molecule has 1 heterocycles. The highest BCUT2D eigenvalue weighted by Crippen LogP contribution is 2.23. The molecule has 0 aliphatic heterocycles. The molecule has 1 fully saturated rings. The number of carbonyl (C=O) groups excluding carboxylic acids is 1. The van der Waals surface area contributed by atoms with Gasteiger partial charge in [-0.3, -0.25) is 9.78 Å². The van der Waals surface area contributed by atoms with Crippen molar-refractivity contribution in [3.8, 4) is 6.07 Å². The van der Waals surface area contributed by atoms with Crippen LogP contribution < -0.4 is 5.32 Å². The summed E-state index contributed by atoms with van der Waals surface area (Å²) in [6.45, 7) is 0.